The molecule has 0 amide bonds. The topological polar surface area (TPSA) is 52.2 Å². The van der Waals surface area contributed by atoms with Gasteiger partial charge >= 0.3 is 0 Å². The van der Waals surface area contributed by atoms with Crippen molar-refractivity contribution in [2.45, 2.75) is 53.5 Å². The van der Waals surface area contributed by atoms with Crippen LogP contribution in [0.1, 0.15) is 49.0 Å². The number of aromatic nitrogens is 4. The summed E-state index contributed by atoms with van der Waals surface area (Å²) in [5.74, 6) is 2.11. The molecular formula is C23H26N4OS. The first-order valence-corrected chi connectivity index (χ1v) is 11.1. The fourth-order valence-corrected chi connectivity index (χ4v) is 6.05. The molecule has 0 fully saturated rings. The molecule has 5 nitrogen and oxygen atoms in total. The van der Waals surface area contributed by atoms with E-state index in [0.29, 0.717) is 18.2 Å². The molecule has 0 unspecified atom stereocenters. The maximum Gasteiger partial charge on any atom is 0.264 e. The minimum absolute atomic E-state index is 0.0652. The Morgan fingerprint density at radius 3 is 2.66 bits per heavy atom. The molecule has 0 saturated heterocycles. The van der Waals surface area contributed by atoms with E-state index in [9.17, 15) is 4.79 Å². The highest BCUT2D eigenvalue weighted by Gasteiger charge is 2.32. The molecule has 3 aromatic heterocycles. The van der Waals surface area contributed by atoms with Gasteiger partial charge in [0.15, 0.2) is 0 Å². The Bertz CT molecular complexity index is 1270. The number of aryl methyl sites for hydroxylation is 2. The average molecular weight is 407 g/mol. The summed E-state index contributed by atoms with van der Waals surface area (Å²) >= 11 is 1.77. The van der Waals surface area contributed by atoms with Crippen molar-refractivity contribution in [3.63, 3.8) is 0 Å². The van der Waals surface area contributed by atoms with Crippen LogP contribution in [-0.4, -0.2) is 19.2 Å². The molecule has 1 aliphatic carbocycles. The Kier molecular flexibility index (Phi) is 4.17. The molecule has 6 heteroatoms. The van der Waals surface area contributed by atoms with Crippen LogP contribution in [0.5, 0.6) is 0 Å². The highest BCUT2D eigenvalue weighted by Crippen LogP contribution is 2.42. The predicted molar refractivity (Wildman–Crippen MR) is 118 cm³/mol. The Morgan fingerprint density at radius 1 is 1.17 bits per heavy atom. The van der Waals surface area contributed by atoms with Crippen LogP contribution in [0.2, 0.25) is 0 Å². The Balaban J connectivity index is 1.76. The van der Waals surface area contributed by atoms with E-state index in [2.05, 4.69) is 35.4 Å². The lowest BCUT2D eigenvalue weighted by molar-refractivity contribution is 0.218. The third-order valence-electron chi connectivity index (χ3n) is 6.37. The summed E-state index contributed by atoms with van der Waals surface area (Å²) in [5, 5.41) is 9.56. The summed E-state index contributed by atoms with van der Waals surface area (Å²) < 4.78 is 3.87. The molecule has 0 spiro atoms. The number of hydrogen-bond acceptors (Lipinski definition) is 4. The van der Waals surface area contributed by atoms with Crippen molar-refractivity contribution >= 4 is 27.3 Å². The molecule has 0 bridgehead atoms. The van der Waals surface area contributed by atoms with Gasteiger partial charge in [0.05, 0.1) is 11.9 Å². The zero-order valence-corrected chi connectivity index (χ0v) is 18.2. The lowest BCUT2D eigenvalue weighted by atomic mass is 9.72. The zero-order valence-electron chi connectivity index (χ0n) is 17.4. The molecule has 150 valence electrons. The summed E-state index contributed by atoms with van der Waals surface area (Å²) in [7, 11) is 0. The normalized spacial score (nSPS) is 17.2. The molecule has 0 N–H and O–H groups in total. The highest BCUT2D eigenvalue weighted by atomic mass is 32.1. The van der Waals surface area contributed by atoms with Crippen molar-refractivity contribution in [2.24, 2.45) is 11.3 Å². The molecule has 3 heterocycles. The van der Waals surface area contributed by atoms with Crippen LogP contribution in [0.25, 0.3) is 16.0 Å². The van der Waals surface area contributed by atoms with Crippen LogP contribution in [0.15, 0.2) is 35.1 Å². The Hall–Kier alpha value is -2.47. The first-order chi connectivity index (χ1) is 13.8. The van der Waals surface area contributed by atoms with Gasteiger partial charge in [-0.25, -0.2) is 0 Å². The maximum atomic E-state index is 13.7. The van der Waals surface area contributed by atoms with E-state index in [0.717, 1.165) is 40.9 Å². The number of rotatable bonds is 2. The van der Waals surface area contributed by atoms with E-state index in [1.807, 2.05) is 37.3 Å². The molecule has 1 aromatic carbocycles. The third-order valence-corrected chi connectivity index (χ3v) is 7.61. The standard InChI is InChI=1S/C23H26N4OS/c1-14-24-25-22-26(13-15-8-6-5-7-9-15)20(28)19-17-11-10-16(23(2,3)4)12-18(17)29-21(19)27(14)22/h5-9,16H,10-13H2,1-4H3/t16-/m1/s1. The molecular weight excluding hydrogens is 380 g/mol. The second kappa shape index (κ2) is 6.52. The number of hydrogen-bond donors (Lipinski definition) is 0. The van der Waals surface area contributed by atoms with Gasteiger partial charge in [-0.15, -0.1) is 21.5 Å². The second-order valence-electron chi connectivity index (χ2n) is 9.25. The summed E-state index contributed by atoms with van der Waals surface area (Å²) in [6.07, 6.45) is 3.17. The minimum Gasteiger partial charge on any atom is -0.272 e. The Morgan fingerprint density at radius 2 is 1.93 bits per heavy atom. The monoisotopic (exact) mass is 406 g/mol. The van der Waals surface area contributed by atoms with Crippen molar-refractivity contribution in [3.8, 4) is 0 Å². The van der Waals surface area contributed by atoms with Gasteiger partial charge in [0, 0.05) is 4.88 Å². The van der Waals surface area contributed by atoms with Crippen LogP contribution < -0.4 is 5.56 Å². The van der Waals surface area contributed by atoms with Crippen LogP contribution in [0, 0.1) is 18.3 Å². The first kappa shape index (κ1) is 18.6. The summed E-state index contributed by atoms with van der Waals surface area (Å²) in [5.41, 5.74) is 2.69. The number of benzene rings is 1. The fraction of sp³-hybridized carbons (Fsp3) is 0.435. The van der Waals surface area contributed by atoms with Crippen molar-refractivity contribution < 1.29 is 0 Å². The molecule has 0 saturated carbocycles. The first-order valence-electron chi connectivity index (χ1n) is 10.3. The molecule has 0 radical (unpaired) electrons. The highest BCUT2D eigenvalue weighted by molar-refractivity contribution is 7.18. The van der Waals surface area contributed by atoms with E-state index in [4.69, 9.17) is 0 Å². The number of thiophene rings is 1. The molecule has 5 rings (SSSR count). The van der Waals surface area contributed by atoms with Gasteiger partial charge in [-0.05, 0) is 48.6 Å². The van der Waals surface area contributed by atoms with Gasteiger partial charge in [0.2, 0.25) is 5.78 Å². The van der Waals surface area contributed by atoms with E-state index in [1.165, 1.54) is 10.4 Å². The van der Waals surface area contributed by atoms with Crippen LogP contribution in [0.3, 0.4) is 0 Å². The van der Waals surface area contributed by atoms with Gasteiger partial charge < -0.3 is 0 Å². The van der Waals surface area contributed by atoms with Crippen LogP contribution in [-0.2, 0) is 19.4 Å². The van der Waals surface area contributed by atoms with E-state index in [1.54, 1.807) is 15.9 Å². The molecule has 4 aromatic rings. The average Bonchev–Trinajstić information content (AvgIpc) is 3.25. The summed E-state index contributed by atoms with van der Waals surface area (Å²) in [6, 6.07) is 10.1. The number of fused-ring (bicyclic) bond motifs is 5. The smallest absolute Gasteiger partial charge is 0.264 e. The molecule has 1 aliphatic rings. The van der Waals surface area contributed by atoms with Gasteiger partial charge in [-0.3, -0.25) is 13.8 Å². The summed E-state index contributed by atoms with van der Waals surface area (Å²) in [4.78, 5) is 16.0. The largest absolute Gasteiger partial charge is 0.272 e. The maximum absolute atomic E-state index is 13.7. The zero-order chi connectivity index (χ0) is 20.3. The fourth-order valence-electron chi connectivity index (χ4n) is 4.59. The minimum atomic E-state index is 0.0652. The Labute approximate surface area is 174 Å². The quantitative estimate of drug-likeness (QED) is 0.488. The lowest BCUT2D eigenvalue weighted by Crippen LogP contribution is -2.27. The molecule has 0 aliphatic heterocycles. The van der Waals surface area contributed by atoms with E-state index < -0.39 is 0 Å². The predicted octanol–water partition coefficient (Wildman–Crippen LogP) is 4.61. The van der Waals surface area contributed by atoms with Gasteiger partial charge in [-0.1, -0.05) is 51.1 Å². The van der Waals surface area contributed by atoms with E-state index in [-0.39, 0.29) is 11.0 Å². The van der Waals surface area contributed by atoms with Crippen molar-refractivity contribution in [3.05, 3.63) is 62.5 Å². The number of nitrogens with zero attached hydrogens (tertiary/aromatic N) is 4. The van der Waals surface area contributed by atoms with Gasteiger partial charge in [-0.2, -0.15) is 0 Å². The van der Waals surface area contributed by atoms with Gasteiger partial charge in [0.1, 0.15) is 10.7 Å². The summed E-state index contributed by atoms with van der Waals surface area (Å²) in [6.45, 7) is 9.45. The van der Waals surface area contributed by atoms with Crippen molar-refractivity contribution in [1.82, 2.24) is 19.2 Å². The molecule has 1 atom stereocenters. The second-order valence-corrected chi connectivity index (χ2v) is 10.3. The van der Waals surface area contributed by atoms with Gasteiger partial charge in [0.25, 0.3) is 5.56 Å². The van der Waals surface area contributed by atoms with E-state index >= 15 is 0 Å². The van der Waals surface area contributed by atoms with Crippen molar-refractivity contribution in [1.29, 1.82) is 0 Å². The van der Waals surface area contributed by atoms with Crippen LogP contribution in [0.4, 0.5) is 0 Å². The van der Waals surface area contributed by atoms with Crippen LogP contribution >= 0.6 is 11.3 Å². The molecule has 29 heavy (non-hydrogen) atoms. The van der Waals surface area contributed by atoms with Crippen molar-refractivity contribution in [2.75, 3.05) is 0 Å². The third kappa shape index (κ3) is 2.92. The SMILES string of the molecule is Cc1nnc2n(Cc3ccccc3)c(=O)c3c4c(sc3n12)C[C@H](C(C)(C)C)CC4. The lowest BCUT2D eigenvalue weighted by Gasteiger charge is -2.33.